The fraction of sp³-hybridized carbons (Fsp3) is 0.391. The highest BCUT2D eigenvalue weighted by Crippen LogP contribution is 2.27. The van der Waals surface area contributed by atoms with Crippen LogP contribution in [0.15, 0.2) is 42.5 Å². The number of methoxy groups -OCH3 is 1. The van der Waals surface area contributed by atoms with Gasteiger partial charge in [-0.3, -0.25) is 4.79 Å². The van der Waals surface area contributed by atoms with Gasteiger partial charge < -0.3 is 20.1 Å². The first-order valence-corrected chi connectivity index (χ1v) is 10.3. The van der Waals surface area contributed by atoms with Gasteiger partial charge in [0.1, 0.15) is 12.4 Å². The maximum atomic E-state index is 13.0. The van der Waals surface area contributed by atoms with Crippen molar-refractivity contribution in [3.63, 3.8) is 0 Å². The SMILES string of the molecule is COc1ccc(NC(=O)c2cc(COC(=O)C(F)(F)F)ccc2NC2CCCCC2)cc1. The topological polar surface area (TPSA) is 76.7 Å². The summed E-state index contributed by atoms with van der Waals surface area (Å²) in [5, 5.41) is 6.16. The van der Waals surface area contributed by atoms with Gasteiger partial charge in [0.2, 0.25) is 0 Å². The molecular formula is C23H25F3N2O4. The molecule has 32 heavy (non-hydrogen) atoms. The Morgan fingerprint density at radius 3 is 2.34 bits per heavy atom. The van der Waals surface area contributed by atoms with Crippen LogP contribution in [0.1, 0.15) is 48.0 Å². The van der Waals surface area contributed by atoms with E-state index in [9.17, 15) is 22.8 Å². The number of hydrogen-bond donors (Lipinski definition) is 2. The minimum atomic E-state index is -5.07. The fourth-order valence-corrected chi connectivity index (χ4v) is 3.57. The van der Waals surface area contributed by atoms with Gasteiger partial charge in [0.25, 0.3) is 5.91 Å². The first kappa shape index (κ1) is 23.4. The number of carbonyl (C=O) groups is 2. The minimum absolute atomic E-state index is 0.213. The minimum Gasteiger partial charge on any atom is -0.497 e. The van der Waals surface area contributed by atoms with Crippen LogP contribution in [0.5, 0.6) is 5.75 Å². The Morgan fingerprint density at radius 1 is 1.03 bits per heavy atom. The Balaban J connectivity index is 1.80. The van der Waals surface area contributed by atoms with Crippen LogP contribution in [0.3, 0.4) is 0 Å². The maximum Gasteiger partial charge on any atom is 0.490 e. The summed E-state index contributed by atoms with van der Waals surface area (Å²) in [6.45, 7) is -0.592. The molecule has 2 N–H and O–H groups in total. The lowest BCUT2D eigenvalue weighted by Crippen LogP contribution is -2.26. The summed E-state index contributed by atoms with van der Waals surface area (Å²) in [5.74, 6) is -2.07. The molecule has 2 aromatic carbocycles. The lowest BCUT2D eigenvalue weighted by molar-refractivity contribution is -0.201. The second kappa shape index (κ2) is 10.4. The van der Waals surface area contributed by atoms with Gasteiger partial charge in [0, 0.05) is 17.4 Å². The van der Waals surface area contributed by atoms with Gasteiger partial charge in [0.15, 0.2) is 0 Å². The van der Waals surface area contributed by atoms with Crippen LogP contribution in [0.25, 0.3) is 0 Å². The van der Waals surface area contributed by atoms with Crippen molar-refractivity contribution >= 4 is 23.3 Å². The van der Waals surface area contributed by atoms with E-state index in [1.165, 1.54) is 19.6 Å². The Morgan fingerprint density at radius 2 is 1.72 bits per heavy atom. The Hall–Kier alpha value is -3.23. The first-order valence-electron chi connectivity index (χ1n) is 10.3. The van der Waals surface area contributed by atoms with Gasteiger partial charge >= 0.3 is 12.1 Å². The fourth-order valence-electron chi connectivity index (χ4n) is 3.57. The number of hydrogen-bond acceptors (Lipinski definition) is 5. The number of halogens is 3. The number of carbonyl (C=O) groups excluding carboxylic acids is 2. The number of amides is 1. The Bertz CT molecular complexity index is 939. The number of rotatable bonds is 7. The van der Waals surface area contributed by atoms with Crippen molar-refractivity contribution in [3.8, 4) is 5.75 Å². The van der Waals surface area contributed by atoms with Gasteiger partial charge in [-0.15, -0.1) is 0 Å². The van der Waals surface area contributed by atoms with Crippen LogP contribution in [-0.2, 0) is 16.1 Å². The molecular weight excluding hydrogens is 425 g/mol. The summed E-state index contributed by atoms with van der Waals surface area (Å²) in [6, 6.07) is 11.6. The lowest BCUT2D eigenvalue weighted by atomic mass is 9.95. The Labute approximate surface area is 184 Å². The van der Waals surface area contributed by atoms with Gasteiger partial charge in [-0.1, -0.05) is 25.3 Å². The van der Waals surface area contributed by atoms with Crippen LogP contribution in [0.4, 0.5) is 24.5 Å². The zero-order valence-electron chi connectivity index (χ0n) is 17.6. The van der Waals surface area contributed by atoms with E-state index in [-0.39, 0.29) is 17.2 Å². The normalized spacial score (nSPS) is 14.5. The molecule has 0 spiro atoms. The quantitative estimate of drug-likeness (QED) is 0.560. The highest BCUT2D eigenvalue weighted by atomic mass is 19.4. The number of alkyl halides is 3. The molecule has 1 saturated carbocycles. The second-order valence-electron chi connectivity index (χ2n) is 7.62. The molecule has 0 atom stereocenters. The van der Waals surface area contributed by atoms with Crippen molar-refractivity contribution in [2.75, 3.05) is 17.7 Å². The molecule has 0 unspecified atom stereocenters. The molecule has 0 saturated heterocycles. The van der Waals surface area contributed by atoms with Gasteiger partial charge in [-0.2, -0.15) is 13.2 Å². The summed E-state index contributed by atoms with van der Waals surface area (Å²) < 4.78 is 46.7. The highest BCUT2D eigenvalue weighted by molar-refractivity contribution is 6.08. The smallest absolute Gasteiger partial charge is 0.490 e. The van der Waals surface area contributed by atoms with Crippen molar-refractivity contribution in [3.05, 3.63) is 53.6 Å². The summed E-state index contributed by atoms with van der Waals surface area (Å²) >= 11 is 0. The zero-order chi connectivity index (χ0) is 23.1. The molecule has 6 nitrogen and oxygen atoms in total. The summed E-state index contributed by atoms with van der Waals surface area (Å²) in [4.78, 5) is 24.0. The van der Waals surface area contributed by atoms with E-state index in [2.05, 4.69) is 15.4 Å². The molecule has 0 aromatic heterocycles. The third-order valence-electron chi connectivity index (χ3n) is 5.24. The molecule has 3 rings (SSSR count). The van der Waals surface area contributed by atoms with Crippen LogP contribution in [0.2, 0.25) is 0 Å². The number of esters is 1. The van der Waals surface area contributed by atoms with E-state index in [0.29, 0.717) is 17.1 Å². The molecule has 1 aliphatic carbocycles. The third kappa shape index (κ3) is 6.38. The van der Waals surface area contributed by atoms with Crippen molar-refractivity contribution < 1.29 is 32.2 Å². The molecule has 0 bridgehead atoms. The number of benzene rings is 2. The van der Waals surface area contributed by atoms with E-state index in [0.717, 1.165) is 25.7 Å². The van der Waals surface area contributed by atoms with Crippen molar-refractivity contribution in [1.82, 2.24) is 0 Å². The van der Waals surface area contributed by atoms with E-state index < -0.39 is 24.7 Å². The van der Waals surface area contributed by atoms with Crippen LogP contribution >= 0.6 is 0 Å². The van der Waals surface area contributed by atoms with E-state index in [1.807, 2.05) is 0 Å². The molecule has 1 amide bonds. The van der Waals surface area contributed by atoms with Crippen LogP contribution in [-0.4, -0.2) is 31.2 Å². The van der Waals surface area contributed by atoms with Crippen LogP contribution in [0, 0.1) is 0 Å². The number of anilines is 2. The molecule has 1 aliphatic rings. The first-order chi connectivity index (χ1) is 15.3. The molecule has 1 fully saturated rings. The molecule has 0 radical (unpaired) electrons. The van der Waals surface area contributed by atoms with Crippen molar-refractivity contribution in [1.29, 1.82) is 0 Å². The van der Waals surface area contributed by atoms with Gasteiger partial charge in [-0.25, -0.2) is 4.79 Å². The van der Waals surface area contributed by atoms with Crippen LogP contribution < -0.4 is 15.4 Å². The van der Waals surface area contributed by atoms with E-state index in [1.54, 1.807) is 36.4 Å². The molecule has 172 valence electrons. The van der Waals surface area contributed by atoms with Crippen molar-refractivity contribution in [2.45, 2.75) is 50.9 Å². The lowest BCUT2D eigenvalue weighted by Gasteiger charge is -2.25. The molecule has 0 heterocycles. The van der Waals surface area contributed by atoms with Gasteiger partial charge in [-0.05, 0) is 54.8 Å². The summed E-state index contributed by atoms with van der Waals surface area (Å²) in [5.41, 5.74) is 1.64. The van der Waals surface area contributed by atoms with Gasteiger partial charge in [0.05, 0.1) is 12.7 Å². The zero-order valence-corrected chi connectivity index (χ0v) is 17.6. The highest BCUT2D eigenvalue weighted by Gasteiger charge is 2.40. The molecule has 0 aliphatic heterocycles. The van der Waals surface area contributed by atoms with E-state index >= 15 is 0 Å². The average molecular weight is 450 g/mol. The molecule has 9 heteroatoms. The summed E-state index contributed by atoms with van der Waals surface area (Å²) in [6.07, 6.45) is 0.242. The third-order valence-corrected chi connectivity index (χ3v) is 5.24. The standard InChI is InChI=1S/C23H25F3N2O4/c1-31-18-10-8-17(9-11-18)28-21(29)19-13-15(14-32-22(30)23(24,25)26)7-12-20(19)27-16-5-3-2-4-6-16/h7-13,16,27H,2-6,14H2,1H3,(H,28,29). The summed E-state index contributed by atoms with van der Waals surface area (Å²) in [7, 11) is 1.54. The second-order valence-corrected chi connectivity index (χ2v) is 7.62. The predicted molar refractivity (Wildman–Crippen MR) is 114 cm³/mol. The number of nitrogens with one attached hydrogen (secondary N) is 2. The monoisotopic (exact) mass is 450 g/mol. The van der Waals surface area contributed by atoms with E-state index in [4.69, 9.17) is 4.74 Å². The van der Waals surface area contributed by atoms with Crippen molar-refractivity contribution in [2.24, 2.45) is 0 Å². The predicted octanol–water partition coefficient (Wildman–Crippen LogP) is 5.30. The molecule has 2 aromatic rings. The number of ether oxygens (including phenoxy) is 2. The average Bonchev–Trinajstić information content (AvgIpc) is 2.78. The maximum absolute atomic E-state index is 13.0. The Kier molecular flexibility index (Phi) is 7.61. The largest absolute Gasteiger partial charge is 0.497 e.